The van der Waals surface area contributed by atoms with Crippen LogP contribution in [0.5, 0.6) is 0 Å². The van der Waals surface area contributed by atoms with Gasteiger partial charge in [0, 0.05) is 56.3 Å². The number of carbonyl (C=O) groups is 3. The molecule has 0 bridgehead atoms. The molecule has 0 saturated heterocycles. The molecule has 6 heteroatoms. The first-order chi connectivity index (χ1) is 17.4. The number of amides is 3. The molecule has 2 saturated carbocycles. The van der Waals surface area contributed by atoms with Crippen molar-refractivity contribution < 1.29 is 14.4 Å². The van der Waals surface area contributed by atoms with Crippen LogP contribution in [0.2, 0.25) is 0 Å². The topological polar surface area (TPSA) is 60.9 Å². The average Bonchev–Trinajstić information content (AvgIpc) is 2.95. The van der Waals surface area contributed by atoms with Crippen molar-refractivity contribution in [1.82, 2.24) is 4.90 Å². The van der Waals surface area contributed by atoms with E-state index in [0.29, 0.717) is 19.3 Å². The van der Waals surface area contributed by atoms with Gasteiger partial charge in [-0.05, 0) is 56.4 Å². The second-order valence-electron chi connectivity index (χ2n) is 10.5. The summed E-state index contributed by atoms with van der Waals surface area (Å²) in [7, 11) is 5.47. The minimum atomic E-state index is -0.379. The standard InChI is InChI=1S/C30H39N3O3/c1-31(25-13-7-4-8-14-25)28(34)22-19-23(29(35)32(2)26-15-9-5-10-16-26)21-24(20-22)30(36)33(3)27-17-11-6-12-18-27/h4-5,7-10,13-16,22-24,27H,6,11-12,17-21H2,1-3H3. The number of nitrogens with zero attached hydrogens (tertiary/aromatic N) is 3. The van der Waals surface area contributed by atoms with E-state index in [9.17, 15) is 14.4 Å². The van der Waals surface area contributed by atoms with E-state index in [1.807, 2.05) is 72.6 Å². The quantitative estimate of drug-likeness (QED) is 0.565. The molecule has 0 aromatic heterocycles. The predicted molar refractivity (Wildman–Crippen MR) is 144 cm³/mol. The van der Waals surface area contributed by atoms with Gasteiger partial charge < -0.3 is 14.7 Å². The van der Waals surface area contributed by atoms with E-state index >= 15 is 0 Å². The van der Waals surface area contributed by atoms with Gasteiger partial charge in [0.05, 0.1) is 0 Å². The number of rotatable bonds is 6. The zero-order valence-corrected chi connectivity index (χ0v) is 21.8. The van der Waals surface area contributed by atoms with Gasteiger partial charge >= 0.3 is 0 Å². The van der Waals surface area contributed by atoms with Crippen molar-refractivity contribution in [2.45, 2.75) is 57.4 Å². The summed E-state index contributed by atoms with van der Waals surface area (Å²) in [5.41, 5.74) is 1.64. The Morgan fingerprint density at radius 3 is 1.39 bits per heavy atom. The summed E-state index contributed by atoms with van der Waals surface area (Å²) in [6, 6.07) is 19.4. The lowest BCUT2D eigenvalue weighted by Gasteiger charge is -2.39. The highest BCUT2D eigenvalue weighted by Crippen LogP contribution is 2.38. The molecule has 192 valence electrons. The van der Waals surface area contributed by atoms with Gasteiger partial charge in [-0.1, -0.05) is 55.7 Å². The van der Waals surface area contributed by atoms with Gasteiger partial charge in [0.2, 0.25) is 17.7 Å². The zero-order valence-electron chi connectivity index (χ0n) is 21.8. The van der Waals surface area contributed by atoms with E-state index in [1.165, 1.54) is 6.42 Å². The maximum Gasteiger partial charge on any atom is 0.229 e. The molecule has 4 rings (SSSR count). The van der Waals surface area contributed by atoms with Crippen LogP contribution in [0.15, 0.2) is 60.7 Å². The molecule has 0 spiro atoms. The average molecular weight is 490 g/mol. The highest BCUT2D eigenvalue weighted by molar-refractivity contribution is 5.98. The largest absolute Gasteiger partial charge is 0.343 e. The molecule has 2 fully saturated rings. The van der Waals surface area contributed by atoms with Crippen LogP contribution in [0.3, 0.4) is 0 Å². The molecule has 2 aliphatic carbocycles. The Morgan fingerprint density at radius 1 is 0.583 bits per heavy atom. The molecule has 0 radical (unpaired) electrons. The van der Waals surface area contributed by atoms with Crippen LogP contribution in [0.1, 0.15) is 51.4 Å². The molecule has 2 aromatic carbocycles. The van der Waals surface area contributed by atoms with E-state index in [-0.39, 0.29) is 41.5 Å². The van der Waals surface area contributed by atoms with Crippen molar-refractivity contribution in [3.8, 4) is 0 Å². The van der Waals surface area contributed by atoms with E-state index in [4.69, 9.17) is 0 Å². The molecule has 0 N–H and O–H groups in total. The molecule has 36 heavy (non-hydrogen) atoms. The fourth-order valence-electron chi connectivity index (χ4n) is 5.97. The second kappa shape index (κ2) is 11.7. The van der Waals surface area contributed by atoms with Gasteiger partial charge in [-0.3, -0.25) is 14.4 Å². The van der Waals surface area contributed by atoms with Crippen LogP contribution in [-0.4, -0.2) is 49.8 Å². The lowest BCUT2D eigenvalue weighted by atomic mass is 9.73. The zero-order chi connectivity index (χ0) is 25.7. The van der Waals surface area contributed by atoms with Gasteiger partial charge in [0.15, 0.2) is 0 Å². The van der Waals surface area contributed by atoms with E-state index in [1.54, 1.807) is 23.9 Å². The molecule has 2 atom stereocenters. The summed E-state index contributed by atoms with van der Waals surface area (Å²) >= 11 is 0. The summed E-state index contributed by atoms with van der Waals surface area (Å²) in [6.07, 6.45) is 7.04. The summed E-state index contributed by atoms with van der Waals surface area (Å²) in [5, 5.41) is 0. The third-order valence-corrected chi connectivity index (χ3v) is 8.17. The summed E-state index contributed by atoms with van der Waals surface area (Å²) in [6.45, 7) is 0. The number of carbonyl (C=O) groups excluding carboxylic acids is 3. The first-order valence-electron chi connectivity index (χ1n) is 13.3. The van der Waals surface area contributed by atoms with Crippen molar-refractivity contribution in [3.05, 3.63) is 60.7 Å². The minimum Gasteiger partial charge on any atom is -0.343 e. The lowest BCUT2D eigenvalue weighted by molar-refractivity contribution is -0.141. The molecule has 2 aromatic rings. The van der Waals surface area contributed by atoms with Gasteiger partial charge in [-0.15, -0.1) is 0 Å². The third kappa shape index (κ3) is 5.80. The Labute approximate surface area is 215 Å². The first kappa shape index (κ1) is 25.9. The normalized spacial score (nSPS) is 22.5. The number of hydrogen-bond donors (Lipinski definition) is 0. The summed E-state index contributed by atoms with van der Waals surface area (Å²) in [5.74, 6) is -1.06. The second-order valence-corrected chi connectivity index (χ2v) is 10.5. The molecule has 2 aliphatic rings. The molecule has 0 heterocycles. The van der Waals surface area contributed by atoms with E-state index < -0.39 is 0 Å². The lowest BCUT2D eigenvalue weighted by Crippen LogP contribution is -2.48. The highest BCUT2D eigenvalue weighted by Gasteiger charge is 2.42. The molecule has 6 nitrogen and oxygen atoms in total. The van der Waals surface area contributed by atoms with Crippen LogP contribution in [-0.2, 0) is 14.4 Å². The van der Waals surface area contributed by atoms with Crippen molar-refractivity contribution in [2.24, 2.45) is 17.8 Å². The Hall–Kier alpha value is -3.15. The Bertz CT molecular complexity index is 970. The van der Waals surface area contributed by atoms with Crippen molar-refractivity contribution in [2.75, 3.05) is 30.9 Å². The maximum atomic E-state index is 13.7. The molecule has 0 aliphatic heterocycles. The molecular formula is C30H39N3O3. The predicted octanol–water partition coefficient (Wildman–Crippen LogP) is 5.14. The van der Waals surface area contributed by atoms with Crippen molar-refractivity contribution in [3.63, 3.8) is 0 Å². The summed E-state index contributed by atoms with van der Waals surface area (Å²) < 4.78 is 0. The minimum absolute atomic E-state index is 0.0285. The molecular weight excluding hydrogens is 450 g/mol. The third-order valence-electron chi connectivity index (χ3n) is 8.17. The maximum absolute atomic E-state index is 13.7. The number of hydrogen-bond acceptors (Lipinski definition) is 3. The molecule has 3 amide bonds. The summed E-state index contributed by atoms with van der Waals surface area (Å²) in [4.78, 5) is 46.2. The van der Waals surface area contributed by atoms with Crippen LogP contribution < -0.4 is 9.80 Å². The Balaban J connectivity index is 1.56. The first-order valence-corrected chi connectivity index (χ1v) is 13.3. The number of anilines is 2. The molecule has 2 unspecified atom stereocenters. The Kier molecular flexibility index (Phi) is 8.44. The van der Waals surface area contributed by atoms with Gasteiger partial charge in [-0.2, -0.15) is 0 Å². The van der Waals surface area contributed by atoms with Crippen molar-refractivity contribution >= 4 is 29.1 Å². The van der Waals surface area contributed by atoms with Gasteiger partial charge in [0.1, 0.15) is 0 Å². The van der Waals surface area contributed by atoms with Gasteiger partial charge in [0.25, 0.3) is 0 Å². The van der Waals surface area contributed by atoms with E-state index in [0.717, 1.165) is 37.1 Å². The smallest absolute Gasteiger partial charge is 0.229 e. The number of benzene rings is 2. The van der Waals surface area contributed by atoms with Crippen LogP contribution in [0.25, 0.3) is 0 Å². The number of para-hydroxylation sites is 2. The fraction of sp³-hybridized carbons (Fsp3) is 0.500. The van der Waals surface area contributed by atoms with Crippen molar-refractivity contribution in [1.29, 1.82) is 0 Å². The Morgan fingerprint density at radius 2 is 0.972 bits per heavy atom. The SMILES string of the molecule is CN(C(=O)C1CC(C(=O)N(C)c2ccccc2)CC(C(=O)N(C)C2CCCCC2)C1)c1ccccc1. The van der Waals surface area contributed by atoms with Crippen LogP contribution in [0, 0.1) is 17.8 Å². The van der Waals surface area contributed by atoms with Gasteiger partial charge in [-0.25, -0.2) is 0 Å². The highest BCUT2D eigenvalue weighted by atomic mass is 16.2. The van der Waals surface area contributed by atoms with E-state index in [2.05, 4.69) is 0 Å². The van der Waals surface area contributed by atoms with Crippen LogP contribution in [0.4, 0.5) is 11.4 Å². The van der Waals surface area contributed by atoms with Crippen LogP contribution >= 0.6 is 0 Å². The fourth-order valence-corrected chi connectivity index (χ4v) is 5.97. The monoisotopic (exact) mass is 489 g/mol.